The number of carbonyl (C=O) groups is 4. The van der Waals surface area contributed by atoms with Gasteiger partial charge in [-0.05, 0) is 42.2 Å². The molecule has 0 spiro atoms. The van der Waals surface area contributed by atoms with Crippen LogP contribution in [0.25, 0.3) is 11.1 Å². The zero-order valence-corrected chi connectivity index (χ0v) is 19.2. The molecule has 2 amide bonds. The highest BCUT2D eigenvalue weighted by molar-refractivity contribution is 5.89. The average Bonchev–Trinajstić information content (AvgIpc) is 2.77. The van der Waals surface area contributed by atoms with Crippen molar-refractivity contribution in [3.05, 3.63) is 54.1 Å². The molecule has 8 nitrogen and oxygen atoms in total. The van der Waals surface area contributed by atoms with Crippen LogP contribution in [0.4, 0.5) is 5.69 Å². The summed E-state index contributed by atoms with van der Waals surface area (Å²) < 4.78 is 9.59. The Kier molecular flexibility index (Phi) is 10.1. The molecule has 0 radical (unpaired) electrons. The summed E-state index contributed by atoms with van der Waals surface area (Å²) in [6, 6.07) is 14.8. The van der Waals surface area contributed by atoms with Gasteiger partial charge in [-0.2, -0.15) is 0 Å². The van der Waals surface area contributed by atoms with Gasteiger partial charge in [0.15, 0.2) is 0 Å². The molecular weight excluding hydrogens is 424 g/mol. The van der Waals surface area contributed by atoms with Gasteiger partial charge >= 0.3 is 11.9 Å². The van der Waals surface area contributed by atoms with Crippen molar-refractivity contribution in [3.63, 3.8) is 0 Å². The second-order valence-corrected chi connectivity index (χ2v) is 7.51. The topological polar surface area (TPSA) is 111 Å². The minimum absolute atomic E-state index is 0.0183. The van der Waals surface area contributed by atoms with Gasteiger partial charge in [0.05, 0.1) is 26.6 Å². The van der Waals surface area contributed by atoms with Crippen molar-refractivity contribution in [1.29, 1.82) is 0 Å². The van der Waals surface area contributed by atoms with Crippen molar-refractivity contribution in [3.8, 4) is 11.1 Å². The lowest BCUT2D eigenvalue weighted by Gasteiger charge is -2.18. The van der Waals surface area contributed by atoms with Gasteiger partial charge in [0, 0.05) is 25.1 Å². The lowest BCUT2D eigenvalue weighted by atomic mass is 9.99. The summed E-state index contributed by atoms with van der Waals surface area (Å²) in [7, 11) is 1.27. The number of methoxy groups -OCH3 is 1. The standard InChI is InChI=1S/C25H30N2O6/c1-4-33-25(31)16-22(27-23(29)12-13-24(30)32-3)14-18-8-10-19(11-9-18)20-6-5-7-21(15-20)26-17(2)28/h5-11,15,22H,4,12-14,16H2,1-3H3,(H,26,28)(H,27,29)/t22-/m1/s1. The molecule has 0 unspecified atom stereocenters. The van der Waals surface area contributed by atoms with E-state index in [9.17, 15) is 19.2 Å². The van der Waals surface area contributed by atoms with Crippen molar-refractivity contribution in [2.45, 2.75) is 45.6 Å². The molecule has 8 heteroatoms. The molecule has 2 rings (SSSR count). The molecule has 2 aromatic carbocycles. The van der Waals surface area contributed by atoms with E-state index in [0.29, 0.717) is 12.1 Å². The summed E-state index contributed by atoms with van der Waals surface area (Å²) in [6.07, 6.45) is 0.406. The minimum atomic E-state index is -0.469. The van der Waals surface area contributed by atoms with E-state index < -0.39 is 18.0 Å². The van der Waals surface area contributed by atoms with Gasteiger partial charge in [0.1, 0.15) is 0 Å². The second kappa shape index (κ2) is 13.0. The Bertz CT molecular complexity index is 971. The second-order valence-electron chi connectivity index (χ2n) is 7.51. The molecule has 2 aromatic rings. The van der Waals surface area contributed by atoms with Crippen molar-refractivity contribution >= 4 is 29.4 Å². The van der Waals surface area contributed by atoms with Gasteiger partial charge < -0.3 is 20.1 Å². The molecule has 0 heterocycles. The number of benzene rings is 2. The van der Waals surface area contributed by atoms with E-state index in [0.717, 1.165) is 16.7 Å². The Balaban J connectivity index is 2.08. The molecule has 0 aliphatic heterocycles. The predicted octanol–water partition coefficient (Wildman–Crippen LogP) is 3.25. The number of nitrogens with one attached hydrogen (secondary N) is 2. The monoisotopic (exact) mass is 454 g/mol. The maximum absolute atomic E-state index is 12.2. The van der Waals surface area contributed by atoms with Crippen LogP contribution in [0.2, 0.25) is 0 Å². The van der Waals surface area contributed by atoms with E-state index >= 15 is 0 Å². The molecule has 2 N–H and O–H groups in total. The van der Waals surface area contributed by atoms with Gasteiger partial charge in [0.25, 0.3) is 0 Å². The molecule has 0 fully saturated rings. The average molecular weight is 455 g/mol. The number of hydrogen-bond donors (Lipinski definition) is 2. The Labute approximate surface area is 193 Å². The van der Waals surface area contributed by atoms with E-state index in [4.69, 9.17) is 4.74 Å². The molecule has 176 valence electrons. The van der Waals surface area contributed by atoms with Crippen LogP contribution in [-0.4, -0.2) is 43.5 Å². The smallest absolute Gasteiger partial charge is 0.307 e. The molecule has 1 atom stereocenters. The summed E-state index contributed by atoms with van der Waals surface area (Å²) in [5, 5.41) is 5.59. The van der Waals surface area contributed by atoms with Crippen LogP contribution < -0.4 is 10.6 Å². The Morgan fingerprint density at radius 1 is 0.939 bits per heavy atom. The highest BCUT2D eigenvalue weighted by atomic mass is 16.5. The maximum Gasteiger partial charge on any atom is 0.307 e. The van der Waals surface area contributed by atoms with Crippen LogP contribution in [0, 0.1) is 0 Å². The molecule has 0 aromatic heterocycles. The number of carbonyl (C=O) groups excluding carboxylic acids is 4. The number of rotatable bonds is 11. The Morgan fingerprint density at radius 3 is 2.30 bits per heavy atom. The zero-order valence-electron chi connectivity index (χ0n) is 19.2. The highest BCUT2D eigenvalue weighted by Gasteiger charge is 2.19. The third kappa shape index (κ3) is 9.14. The first-order chi connectivity index (χ1) is 15.8. The first kappa shape index (κ1) is 25.6. The van der Waals surface area contributed by atoms with Crippen molar-refractivity contribution in [2.24, 2.45) is 0 Å². The Hall–Kier alpha value is -3.68. The van der Waals surface area contributed by atoms with Gasteiger partial charge in [-0.3, -0.25) is 19.2 Å². The third-order valence-electron chi connectivity index (χ3n) is 4.82. The van der Waals surface area contributed by atoms with E-state index in [1.54, 1.807) is 6.92 Å². The molecule has 33 heavy (non-hydrogen) atoms. The summed E-state index contributed by atoms with van der Waals surface area (Å²) in [4.78, 5) is 46.8. The summed E-state index contributed by atoms with van der Waals surface area (Å²) in [5.74, 6) is -1.34. The predicted molar refractivity (Wildman–Crippen MR) is 124 cm³/mol. The van der Waals surface area contributed by atoms with E-state index in [1.165, 1.54) is 14.0 Å². The maximum atomic E-state index is 12.2. The van der Waals surface area contributed by atoms with Crippen LogP contribution in [0.3, 0.4) is 0 Å². The van der Waals surface area contributed by atoms with Gasteiger partial charge in [0.2, 0.25) is 11.8 Å². The van der Waals surface area contributed by atoms with Crippen LogP contribution >= 0.6 is 0 Å². The first-order valence-corrected chi connectivity index (χ1v) is 10.8. The molecule has 0 aliphatic carbocycles. The normalized spacial score (nSPS) is 11.2. The van der Waals surface area contributed by atoms with Crippen molar-refractivity contribution in [2.75, 3.05) is 19.0 Å². The lowest BCUT2D eigenvalue weighted by Crippen LogP contribution is -2.38. The van der Waals surface area contributed by atoms with Crippen LogP contribution in [-0.2, 0) is 35.1 Å². The summed E-state index contributed by atoms with van der Waals surface area (Å²) in [6.45, 7) is 3.44. The fraction of sp³-hybridized carbons (Fsp3) is 0.360. The Morgan fingerprint density at radius 2 is 1.67 bits per heavy atom. The number of anilines is 1. The number of esters is 2. The van der Waals surface area contributed by atoms with Gasteiger partial charge in [-0.1, -0.05) is 36.4 Å². The number of amides is 2. The van der Waals surface area contributed by atoms with Crippen molar-refractivity contribution in [1.82, 2.24) is 5.32 Å². The molecule has 0 saturated carbocycles. The zero-order chi connectivity index (χ0) is 24.2. The summed E-state index contributed by atoms with van der Waals surface area (Å²) in [5.41, 5.74) is 3.56. The van der Waals surface area contributed by atoms with Gasteiger partial charge in [-0.15, -0.1) is 0 Å². The lowest BCUT2D eigenvalue weighted by molar-refractivity contribution is -0.144. The molecule has 0 aliphatic rings. The van der Waals surface area contributed by atoms with Gasteiger partial charge in [-0.25, -0.2) is 0 Å². The minimum Gasteiger partial charge on any atom is -0.469 e. The third-order valence-corrected chi connectivity index (χ3v) is 4.82. The van der Waals surface area contributed by atoms with Crippen LogP contribution in [0.1, 0.15) is 38.7 Å². The van der Waals surface area contributed by atoms with E-state index in [-0.39, 0.29) is 37.7 Å². The number of ether oxygens (including phenoxy) is 2. The van der Waals surface area contributed by atoms with Crippen LogP contribution in [0.5, 0.6) is 0 Å². The van der Waals surface area contributed by atoms with E-state index in [1.807, 2.05) is 48.5 Å². The fourth-order valence-corrected chi connectivity index (χ4v) is 3.31. The molecule has 0 bridgehead atoms. The largest absolute Gasteiger partial charge is 0.469 e. The molecular formula is C25H30N2O6. The molecule has 0 saturated heterocycles. The SMILES string of the molecule is CCOC(=O)C[C@@H](Cc1ccc(-c2cccc(NC(C)=O)c2)cc1)NC(=O)CCC(=O)OC. The number of hydrogen-bond acceptors (Lipinski definition) is 6. The van der Waals surface area contributed by atoms with E-state index in [2.05, 4.69) is 15.4 Å². The quantitative estimate of drug-likeness (QED) is 0.504. The fourth-order valence-electron chi connectivity index (χ4n) is 3.31. The summed E-state index contributed by atoms with van der Waals surface area (Å²) >= 11 is 0. The first-order valence-electron chi connectivity index (χ1n) is 10.8. The van der Waals surface area contributed by atoms with Crippen molar-refractivity contribution < 1.29 is 28.7 Å². The van der Waals surface area contributed by atoms with Crippen LogP contribution in [0.15, 0.2) is 48.5 Å². The highest BCUT2D eigenvalue weighted by Crippen LogP contribution is 2.23.